The van der Waals surface area contributed by atoms with Crippen LogP contribution in [-0.4, -0.2) is 32.3 Å². The summed E-state index contributed by atoms with van der Waals surface area (Å²) in [6, 6.07) is -0.0286. The van der Waals surface area contributed by atoms with Crippen LogP contribution in [0.3, 0.4) is 0 Å². The van der Waals surface area contributed by atoms with E-state index in [1.54, 1.807) is 0 Å². The lowest BCUT2D eigenvalue weighted by Gasteiger charge is -2.21. The molecule has 0 bridgehead atoms. The van der Waals surface area contributed by atoms with Crippen LogP contribution in [0.15, 0.2) is 0 Å². The molecule has 1 aliphatic rings. The molecule has 1 rings (SSSR count). The van der Waals surface area contributed by atoms with Gasteiger partial charge in [0, 0.05) is 26.3 Å². The molecule has 0 aliphatic heterocycles. The summed E-state index contributed by atoms with van der Waals surface area (Å²) in [5, 5.41) is 5.86. The zero-order valence-electron chi connectivity index (χ0n) is 12.4. The molecular weight excluding hydrogens is 240 g/mol. The maximum absolute atomic E-state index is 11.6. The van der Waals surface area contributed by atoms with Gasteiger partial charge in [0.05, 0.1) is 0 Å². The number of amides is 2. The number of nitrogens with one attached hydrogen (secondary N) is 2. The normalized spacial score (nSPS) is 16.3. The first-order chi connectivity index (χ1) is 9.33. The summed E-state index contributed by atoms with van der Waals surface area (Å²) in [6.45, 7) is 5.26. The van der Waals surface area contributed by atoms with Crippen molar-refractivity contribution in [1.29, 1.82) is 0 Å². The Kier molecular flexibility index (Phi) is 9.51. The fraction of sp³-hybridized carbons (Fsp3) is 0.933. The van der Waals surface area contributed by atoms with Crippen molar-refractivity contribution in [3.05, 3.63) is 0 Å². The first-order valence-corrected chi connectivity index (χ1v) is 7.92. The van der Waals surface area contributed by atoms with E-state index in [0.717, 1.165) is 32.6 Å². The van der Waals surface area contributed by atoms with Gasteiger partial charge in [-0.15, -0.1) is 0 Å². The van der Waals surface area contributed by atoms with E-state index in [0.29, 0.717) is 12.5 Å². The van der Waals surface area contributed by atoms with E-state index < -0.39 is 0 Å². The molecule has 0 saturated heterocycles. The number of carbonyl (C=O) groups is 1. The first kappa shape index (κ1) is 16.3. The van der Waals surface area contributed by atoms with Gasteiger partial charge in [0.1, 0.15) is 0 Å². The van der Waals surface area contributed by atoms with Gasteiger partial charge in [-0.25, -0.2) is 4.79 Å². The summed E-state index contributed by atoms with van der Waals surface area (Å²) >= 11 is 0. The van der Waals surface area contributed by atoms with Gasteiger partial charge in [-0.05, 0) is 31.6 Å². The van der Waals surface area contributed by atoms with E-state index in [4.69, 9.17) is 4.74 Å². The van der Waals surface area contributed by atoms with E-state index in [2.05, 4.69) is 17.6 Å². The molecule has 1 fully saturated rings. The Morgan fingerprint density at radius 1 is 1.11 bits per heavy atom. The molecule has 1 aliphatic carbocycles. The molecule has 2 N–H and O–H groups in total. The number of hydrogen-bond acceptors (Lipinski definition) is 2. The minimum Gasteiger partial charge on any atom is -0.381 e. The van der Waals surface area contributed by atoms with Crippen LogP contribution in [-0.2, 0) is 4.74 Å². The number of ether oxygens (including phenoxy) is 1. The summed E-state index contributed by atoms with van der Waals surface area (Å²) < 4.78 is 5.44. The predicted octanol–water partition coefficient (Wildman–Crippen LogP) is 3.07. The average Bonchev–Trinajstić information content (AvgIpc) is 2.45. The van der Waals surface area contributed by atoms with Crippen molar-refractivity contribution >= 4 is 6.03 Å². The standard InChI is InChI=1S/C15H30N2O2/c1-2-3-11-19-12-7-10-16-15(18)17-13-14-8-5-4-6-9-14/h14H,2-13H2,1H3,(H2,16,17,18). The van der Waals surface area contributed by atoms with E-state index in [9.17, 15) is 4.79 Å². The van der Waals surface area contributed by atoms with Gasteiger partial charge >= 0.3 is 6.03 Å². The lowest BCUT2D eigenvalue weighted by atomic mass is 9.89. The molecule has 0 unspecified atom stereocenters. The molecule has 0 aromatic heterocycles. The Bertz CT molecular complexity index is 228. The zero-order valence-corrected chi connectivity index (χ0v) is 12.4. The molecule has 1 saturated carbocycles. The van der Waals surface area contributed by atoms with Crippen molar-refractivity contribution in [3.63, 3.8) is 0 Å². The molecule has 112 valence electrons. The maximum atomic E-state index is 11.6. The Hall–Kier alpha value is -0.770. The van der Waals surface area contributed by atoms with Crippen LogP contribution in [0.5, 0.6) is 0 Å². The van der Waals surface area contributed by atoms with Crippen LogP contribution in [0.4, 0.5) is 4.79 Å². The summed E-state index contributed by atoms with van der Waals surface area (Å²) in [5.41, 5.74) is 0. The minimum atomic E-state index is -0.0286. The first-order valence-electron chi connectivity index (χ1n) is 7.92. The highest BCUT2D eigenvalue weighted by Gasteiger charge is 2.13. The van der Waals surface area contributed by atoms with Crippen LogP contribution in [0, 0.1) is 5.92 Å². The molecule has 0 heterocycles. The highest BCUT2D eigenvalue weighted by molar-refractivity contribution is 5.73. The quantitative estimate of drug-likeness (QED) is 0.633. The molecule has 0 atom stereocenters. The number of carbonyl (C=O) groups excluding carboxylic acids is 1. The molecule has 0 radical (unpaired) electrons. The van der Waals surface area contributed by atoms with Crippen molar-refractivity contribution in [2.45, 2.75) is 58.3 Å². The molecule has 19 heavy (non-hydrogen) atoms. The van der Waals surface area contributed by atoms with Crippen LogP contribution in [0.25, 0.3) is 0 Å². The molecule has 4 nitrogen and oxygen atoms in total. The smallest absolute Gasteiger partial charge is 0.314 e. The van der Waals surface area contributed by atoms with Gasteiger partial charge in [0.15, 0.2) is 0 Å². The van der Waals surface area contributed by atoms with Crippen molar-refractivity contribution in [3.8, 4) is 0 Å². The van der Waals surface area contributed by atoms with Crippen molar-refractivity contribution in [2.75, 3.05) is 26.3 Å². The Labute approximate surface area is 117 Å². The van der Waals surface area contributed by atoms with E-state index in [1.165, 1.54) is 38.5 Å². The van der Waals surface area contributed by atoms with Crippen LogP contribution >= 0.6 is 0 Å². The van der Waals surface area contributed by atoms with Crippen molar-refractivity contribution in [2.24, 2.45) is 5.92 Å². The lowest BCUT2D eigenvalue weighted by Crippen LogP contribution is -2.39. The van der Waals surface area contributed by atoms with Crippen LogP contribution in [0.2, 0.25) is 0 Å². The molecule has 0 aromatic carbocycles. The minimum absolute atomic E-state index is 0.0286. The summed E-state index contributed by atoms with van der Waals surface area (Å²) in [6.07, 6.45) is 9.72. The Morgan fingerprint density at radius 3 is 2.58 bits per heavy atom. The highest BCUT2D eigenvalue weighted by atomic mass is 16.5. The summed E-state index contributed by atoms with van der Waals surface area (Å²) in [4.78, 5) is 11.6. The van der Waals surface area contributed by atoms with Gasteiger partial charge in [-0.1, -0.05) is 32.6 Å². The molecule has 0 spiro atoms. The van der Waals surface area contributed by atoms with E-state index >= 15 is 0 Å². The third-order valence-corrected chi connectivity index (χ3v) is 3.67. The largest absolute Gasteiger partial charge is 0.381 e. The molecule has 2 amide bonds. The van der Waals surface area contributed by atoms with Gasteiger partial charge < -0.3 is 15.4 Å². The summed E-state index contributed by atoms with van der Waals surface area (Å²) in [7, 11) is 0. The zero-order chi connectivity index (χ0) is 13.8. The maximum Gasteiger partial charge on any atom is 0.314 e. The molecule has 4 heteroatoms. The third kappa shape index (κ3) is 8.87. The third-order valence-electron chi connectivity index (χ3n) is 3.67. The fourth-order valence-corrected chi connectivity index (χ4v) is 2.42. The van der Waals surface area contributed by atoms with Crippen molar-refractivity contribution in [1.82, 2.24) is 10.6 Å². The Balaban J connectivity index is 1.87. The second kappa shape index (κ2) is 11.1. The van der Waals surface area contributed by atoms with Crippen molar-refractivity contribution < 1.29 is 9.53 Å². The monoisotopic (exact) mass is 270 g/mol. The fourth-order valence-electron chi connectivity index (χ4n) is 2.42. The second-order valence-corrected chi connectivity index (χ2v) is 5.46. The number of rotatable bonds is 9. The Morgan fingerprint density at radius 2 is 1.84 bits per heavy atom. The number of urea groups is 1. The van der Waals surface area contributed by atoms with Crippen LogP contribution < -0.4 is 10.6 Å². The highest BCUT2D eigenvalue weighted by Crippen LogP contribution is 2.22. The second-order valence-electron chi connectivity index (χ2n) is 5.46. The van der Waals surface area contributed by atoms with Gasteiger partial charge in [0.2, 0.25) is 0 Å². The summed E-state index contributed by atoms with van der Waals surface area (Å²) in [5.74, 6) is 0.692. The topological polar surface area (TPSA) is 50.4 Å². The van der Waals surface area contributed by atoms with Gasteiger partial charge in [-0.2, -0.15) is 0 Å². The number of hydrogen-bond donors (Lipinski definition) is 2. The van der Waals surface area contributed by atoms with E-state index in [-0.39, 0.29) is 6.03 Å². The van der Waals surface area contributed by atoms with E-state index in [1.807, 2.05) is 0 Å². The molecule has 0 aromatic rings. The predicted molar refractivity (Wildman–Crippen MR) is 78.3 cm³/mol. The lowest BCUT2D eigenvalue weighted by molar-refractivity contribution is 0.129. The SMILES string of the molecule is CCCCOCCCNC(=O)NCC1CCCCC1. The molecular formula is C15H30N2O2. The average molecular weight is 270 g/mol. The van der Waals surface area contributed by atoms with Gasteiger partial charge in [0.25, 0.3) is 0 Å². The van der Waals surface area contributed by atoms with Gasteiger partial charge in [-0.3, -0.25) is 0 Å². The number of unbranched alkanes of at least 4 members (excludes halogenated alkanes) is 1. The van der Waals surface area contributed by atoms with Crippen LogP contribution in [0.1, 0.15) is 58.3 Å².